The molecule has 1 unspecified atom stereocenters. The van der Waals surface area contributed by atoms with Crippen molar-refractivity contribution < 1.29 is 9.59 Å². The zero-order chi connectivity index (χ0) is 16.3. The highest BCUT2D eigenvalue weighted by molar-refractivity contribution is 7.13. The van der Waals surface area contributed by atoms with Crippen molar-refractivity contribution in [2.24, 2.45) is 11.1 Å². The third-order valence-corrected chi connectivity index (χ3v) is 4.56. The molecule has 138 valence electrons. The van der Waals surface area contributed by atoms with Crippen LogP contribution in [0.3, 0.4) is 0 Å². The molecule has 2 heterocycles. The van der Waals surface area contributed by atoms with Crippen LogP contribution in [-0.4, -0.2) is 40.8 Å². The van der Waals surface area contributed by atoms with E-state index in [1.165, 1.54) is 11.3 Å². The Morgan fingerprint density at radius 1 is 1.42 bits per heavy atom. The molecule has 1 aromatic rings. The third kappa shape index (κ3) is 5.88. The number of aromatic nitrogens is 1. The summed E-state index contributed by atoms with van der Waals surface area (Å²) in [6.07, 6.45) is 2.25. The van der Waals surface area contributed by atoms with Gasteiger partial charge in [0.05, 0.1) is 12.1 Å². The predicted octanol–water partition coefficient (Wildman–Crippen LogP) is 2.46. The summed E-state index contributed by atoms with van der Waals surface area (Å²) in [4.78, 5) is 30.4. The first-order valence-corrected chi connectivity index (χ1v) is 8.44. The lowest BCUT2D eigenvalue weighted by Crippen LogP contribution is -2.40. The molecule has 9 heteroatoms. The fourth-order valence-corrected chi connectivity index (χ4v) is 3.10. The lowest BCUT2D eigenvalue weighted by atomic mass is 9.96. The van der Waals surface area contributed by atoms with Gasteiger partial charge < -0.3 is 16.0 Å². The van der Waals surface area contributed by atoms with Crippen LogP contribution in [0.2, 0.25) is 0 Å². The smallest absolute Gasteiger partial charge is 0.231 e. The van der Waals surface area contributed by atoms with Crippen molar-refractivity contribution in [3.8, 4) is 0 Å². The lowest BCUT2D eigenvalue weighted by Gasteiger charge is -2.23. The van der Waals surface area contributed by atoms with Crippen LogP contribution < -0.4 is 11.1 Å². The summed E-state index contributed by atoms with van der Waals surface area (Å²) in [7, 11) is 0. The Morgan fingerprint density at radius 2 is 2.08 bits per heavy atom. The zero-order valence-electron chi connectivity index (χ0n) is 14.2. The molecule has 24 heavy (non-hydrogen) atoms. The number of amides is 2. The Labute approximate surface area is 159 Å². The number of nitrogens with two attached hydrogens (primary N) is 1. The highest BCUT2D eigenvalue weighted by Gasteiger charge is 2.28. The van der Waals surface area contributed by atoms with Crippen LogP contribution in [0.1, 0.15) is 39.3 Å². The molecule has 3 N–H and O–H groups in total. The average molecular weight is 397 g/mol. The Hall–Kier alpha value is -0.890. The number of hydrogen-bond donors (Lipinski definition) is 2. The zero-order valence-corrected chi connectivity index (χ0v) is 16.7. The molecule has 2 amide bonds. The van der Waals surface area contributed by atoms with Gasteiger partial charge in [0.25, 0.3) is 0 Å². The largest absolute Gasteiger partial charge is 0.338 e. The summed E-state index contributed by atoms with van der Waals surface area (Å²) in [6.45, 7) is 6.83. The molecule has 1 aliphatic heterocycles. The minimum Gasteiger partial charge on any atom is -0.338 e. The fraction of sp³-hybridized carbons (Fsp3) is 0.667. The van der Waals surface area contributed by atoms with E-state index in [9.17, 15) is 9.59 Å². The number of nitrogens with zero attached hydrogens (tertiary/aromatic N) is 2. The molecule has 0 saturated carbocycles. The van der Waals surface area contributed by atoms with Gasteiger partial charge in [-0.15, -0.1) is 36.2 Å². The minimum absolute atomic E-state index is 0. The quantitative estimate of drug-likeness (QED) is 0.817. The maximum Gasteiger partial charge on any atom is 0.231 e. The van der Waals surface area contributed by atoms with Crippen LogP contribution in [0.4, 0.5) is 5.13 Å². The van der Waals surface area contributed by atoms with Gasteiger partial charge in [-0.1, -0.05) is 20.8 Å². The molecule has 1 atom stereocenters. The van der Waals surface area contributed by atoms with E-state index in [0.29, 0.717) is 17.4 Å². The highest BCUT2D eigenvalue weighted by atomic mass is 35.5. The van der Waals surface area contributed by atoms with E-state index in [-0.39, 0.29) is 49.1 Å². The van der Waals surface area contributed by atoms with Crippen molar-refractivity contribution in [1.82, 2.24) is 9.88 Å². The van der Waals surface area contributed by atoms with Gasteiger partial charge in [-0.3, -0.25) is 9.59 Å². The van der Waals surface area contributed by atoms with Crippen molar-refractivity contribution >= 4 is 53.1 Å². The van der Waals surface area contributed by atoms with Gasteiger partial charge >= 0.3 is 0 Å². The second kappa shape index (κ2) is 9.56. The predicted molar refractivity (Wildman–Crippen MR) is 102 cm³/mol. The number of halogens is 2. The number of anilines is 1. The van der Waals surface area contributed by atoms with Gasteiger partial charge in [-0.25, -0.2) is 4.98 Å². The Bertz CT molecular complexity index is 560. The molecule has 1 saturated heterocycles. The standard InChI is InChI=1S/C15H24N4O2S.2ClH/c1-15(2,3)13(21)18-14-17-10(9-22-14)7-12(20)19-6-4-5-11(19)8-16;;/h9,11H,4-8,16H2,1-3H3,(H,17,18,21);2*1H. The molecule has 0 spiro atoms. The molecule has 0 radical (unpaired) electrons. The van der Waals surface area contributed by atoms with Crippen LogP contribution in [0, 0.1) is 5.41 Å². The molecule has 1 aromatic heterocycles. The normalized spacial score (nSPS) is 17.0. The summed E-state index contributed by atoms with van der Waals surface area (Å²) >= 11 is 1.35. The first-order chi connectivity index (χ1) is 10.3. The molecule has 2 rings (SSSR count). The molecule has 1 fully saturated rings. The van der Waals surface area contributed by atoms with E-state index >= 15 is 0 Å². The van der Waals surface area contributed by atoms with Crippen LogP contribution in [0.5, 0.6) is 0 Å². The topological polar surface area (TPSA) is 88.3 Å². The number of thiazole rings is 1. The maximum absolute atomic E-state index is 12.3. The van der Waals surface area contributed by atoms with Gasteiger partial charge in [0.1, 0.15) is 0 Å². The third-order valence-electron chi connectivity index (χ3n) is 3.76. The van der Waals surface area contributed by atoms with Crippen LogP contribution >= 0.6 is 36.2 Å². The van der Waals surface area contributed by atoms with Crippen LogP contribution in [-0.2, 0) is 16.0 Å². The Kier molecular flexibility index (Phi) is 9.20. The minimum atomic E-state index is -0.467. The molecule has 0 aliphatic carbocycles. The Balaban J connectivity index is 0.00000264. The van der Waals surface area contributed by atoms with E-state index in [4.69, 9.17) is 5.73 Å². The van der Waals surface area contributed by atoms with Gasteiger partial charge in [-0.2, -0.15) is 0 Å². The molecule has 0 bridgehead atoms. The number of hydrogen-bond acceptors (Lipinski definition) is 5. The lowest BCUT2D eigenvalue weighted by molar-refractivity contribution is -0.131. The van der Waals surface area contributed by atoms with Crippen molar-refractivity contribution in [3.05, 3.63) is 11.1 Å². The fourth-order valence-electron chi connectivity index (χ4n) is 2.40. The van der Waals surface area contributed by atoms with E-state index < -0.39 is 5.41 Å². The van der Waals surface area contributed by atoms with Crippen molar-refractivity contribution in [1.29, 1.82) is 0 Å². The number of carbonyl (C=O) groups is 2. The number of carbonyl (C=O) groups excluding carboxylic acids is 2. The van der Waals surface area contributed by atoms with E-state index in [0.717, 1.165) is 19.4 Å². The average Bonchev–Trinajstić information content (AvgIpc) is 3.06. The molecule has 1 aliphatic rings. The molecule has 6 nitrogen and oxygen atoms in total. The van der Waals surface area contributed by atoms with E-state index in [1.54, 1.807) is 0 Å². The van der Waals surface area contributed by atoms with Crippen LogP contribution in [0.15, 0.2) is 5.38 Å². The summed E-state index contributed by atoms with van der Waals surface area (Å²) in [6, 6.07) is 0.159. The summed E-state index contributed by atoms with van der Waals surface area (Å²) < 4.78 is 0. The SMILES string of the molecule is CC(C)(C)C(=O)Nc1nc(CC(=O)N2CCCC2CN)cs1.Cl.Cl. The first-order valence-electron chi connectivity index (χ1n) is 7.56. The number of likely N-dealkylation sites (tertiary alicyclic amines) is 1. The van der Waals surface area contributed by atoms with Gasteiger partial charge in [0.15, 0.2) is 5.13 Å². The first kappa shape index (κ1) is 23.1. The van der Waals surface area contributed by atoms with Gasteiger partial charge in [-0.05, 0) is 12.8 Å². The van der Waals surface area contributed by atoms with Gasteiger partial charge in [0, 0.05) is 29.9 Å². The number of rotatable bonds is 4. The molecule has 0 aromatic carbocycles. The van der Waals surface area contributed by atoms with Crippen molar-refractivity contribution in [3.63, 3.8) is 0 Å². The van der Waals surface area contributed by atoms with E-state index in [2.05, 4.69) is 10.3 Å². The molecular formula is C15H26Cl2N4O2S. The van der Waals surface area contributed by atoms with Crippen molar-refractivity contribution in [2.75, 3.05) is 18.4 Å². The molecular weight excluding hydrogens is 371 g/mol. The summed E-state index contributed by atoms with van der Waals surface area (Å²) in [5.74, 6) is -0.0191. The Morgan fingerprint density at radius 3 is 2.67 bits per heavy atom. The second-order valence-corrected chi connectivity index (χ2v) is 7.50. The second-order valence-electron chi connectivity index (χ2n) is 6.64. The van der Waals surface area contributed by atoms with Crippen molar-refractivity contribution in [2.45, 2.75) is 46.1 Å². The van der Waals surface area contributed by atoms with Gasteiger partial charge in [0.2, 0.25) is 11.8 Å². The monoisotopic (exact) mass is 396 g/mol. The summed E-state index contributed by atoms with van der Waals surface area (Å²) in [5, 5.41) is 5.15. The number of nitrogens with one attached hydrogen (secondary N) is 1. The summed E-state index contributed by atoms with van der Waals surface area (Å²) in [5.41, 5.74) is 5.93. The van der Waals surface area contributed by atoms with E-state index in [1.807, 2.05) is 31.1 Å². The van der Waals surface area contributed by atoms with Crippen LogP contribution in [0.25, 0.3) is 0 Å². The highest BCUT2D eigenvalue weighted by Crippen LogP contribution is 2.22. The maximum atomic E-state index is 12.3.